The van der Waals surface area contributed by atoms with Crippen molar-refractivity contribution in [1.82, 2.24) is 0 Å². The fraction of sp³-hybridized carbons (Fsp3) is 0.533. The summed E-state index contributed by atoms with van der Waals surface area (Å²) in [5.74, 6) is 0.522. The Hall–Kier alpha value is -1.39. The van der Waals surface area contributed by atoms with Crippen LogP contribution in [0.3, 0.4) is 0 Å². The Balaban J connectivity index is 2.14. The van der Waals surface area contributed by atoms with Crippen molar-refractivity contribution in [3.63, 3.8) is 0 Å². The maximum atomic E-state index is 12.3. The highest BCUT2D eigenvalue weighted by atomic mass is 16.5. The third kappa shape index (κ3) is 3.14. The first-order chi connectivity index (χ1) is 9.13. The molecule has 1 fully saturated rings. The van der Waals surface area contributed by atoms with Crippen LogP contribution in [0.1, 0.15) is 31.7 Å². The molecule has 1 heterocycles. The van der Waals surface area contributed by atoms with E-state index in [9.17, 15) is 4.79 Å². The number of rotatable bonds is 4. The molecule has 1 amide bonds. The highest BCUT2D eigenvalue weighted by molar-refractivity contribution is 5.97. The molecule has 1 aliphatic heterocycles. The average Bonchev–Trinajstić information content (AvgIpc) is 2.41. The second-order valence-electron chi connectivity index (χ2n) is 5.17. The van der Waals surface area contributed by atoms with Gasteiger partial charge in [-0.2, -0.15) is 0 Å². The number of ether oxygens (including phenoxy) is 1. The maximum absolute atomic E-state index is 12.3. The first kappa shape index (κ1) is 14.0. The van der Waals surface area contributed by atoms with Crippen molar-refractivity contribution in [2.75, 3.05) is 24.6 Å². The number of carbonyl (C=O) groups excluding carboxylic acids is 1. The number of hydrogen-bond donors (Lipinski definition) is 1. The minimum Gasteiger partial charge on any atom is -0.366 e. The molecule has 0 aromatic heterocycles. The minimum atomic E-state index is -0.386. The van der Waals surface area contributed by atoms with Crippen LogP contribution in [0.15, 0.2) is 24.3 Å². The third-order valence-corrected chi connectivity index (χ3v) is 3.48. The fourth-order valence-corrected chi connectivity index (χ4v) is 2.30. The zero-order valence-corrected chi connectivity index (χ0v) is 11.6. The number of hydrogen-bond acceptors (Lipinski definition) is 3. The maximum Gasteiger partial charge on any atom is 0.256 e. The molecule has 0 aliphatic carbocycles. The molecule has 0 spiro atoms. The Morgan fingerprint density at radius 3 is 2.63 bits per heavy atom. The number of carbonyl (C=O) groups is 1. The van der Waals surface area contributed by atoms with Gasteiger partial charge in [0.2, 0.25) is 0 Å². The zero-order valence-electron chi connectivity index (χ0n) is 11.6. The molecule has 4 nitrogen and oxygen atoms in total. The third-order valence-electron chi connectivity index (χ3n) is 3.48. The molecule has 1 saturated heterocycles. The van der Waals surface area contributed by atoms with E-state index in [0.717, 1.165) is 5.69 Å². The van der Waals surface area contributed by atoms with Crippen molar-refractivity contribution in [2.45, 2.75) is 32.3 Å². The van der Waals surface area contributed by atoms with Gasteiger partial charge in [-0.1, -0.05) is 26.0 Å². The smallest absolute Gasteiger partial charge is 0.256 e. The lowest BCUT2D eigenvalue weighted by Gasteiger charge is -2.32. The highest BCUT2D eigenvalue weighted by Gasteiger charge is 2.29. The zero-order chi connectivity index (χ0) is 13.8. The van der Waals surface area contributed by atoms with Crippen molar-refractivity contribution < 1.29 is 9.53 Å². The van der Waals surface area contributed by atoms with E-state index in [1.807, 2.05) is 12.1 Å². The summed E-state index contributed by atoms with van der Waals surface area (Å²) in [5.41, 5.74) is 7.73. The molecule has 2 rings (SSSR count). The van der Waals surface area contributed by atoms with Gasteiger partial charge in [-0.25, -0.2) is 0 Å². The summed E-state index contributed by atoms with van der Waals surface area (Å²) >= 11 is 0. The molecular weight excluding hydrogens is 240 g/mol. The molecule has 0 bridgehead atoms. The van der Waals surface area contributed by atoms with E-state index >= 15 is 0 Å². The lowest BCUT2D eigenvalue weighted by Crippen LogP contribution is -2.48. The Kier molecular flexibility index (Phi) is 4.56. The monoisotopic (exact) mass is 262 g/mol. The topological polar surface area (TPSA) is 55.6 Å². The number of amides is 1. The van der Waals surface area contributed by atoms with Crippen LogP contribution < -0.4 is 10.6 Å². The van der Waals surface area contributed by atoms with Gasteiger partial charge in [0, 0.05) is 12.2 Å². The molecule has 19 heavy (non-hydrogen) atoms. The second kappa shape index (κ2) is 6.17. The van der Waals surface area contributed by atoms with Gasteiger partial charge >= 0.3 is 0 Å². The van der Waals surface area contributed by atoms with E-state index in [4.69, 9.17) is 10.5 Å². The summed E-state index contributed by atoms with van der Waals surface area (Å²) < 4.78 is 5.47. The molecule has 1 aliphatic rings. The van der Waals surface area contributed by atoms with Crippen LogP contribution in [-0.2, 0) is 9.53 Å². The van der Waals surface area contributed by atoms with Gasteiger partial charge in [0.05, 0.1) is 6.61 Å². The highest BCUT2D eigenvalue weighted by Crippen LogP contribution is 2.23. The molecule has 0 radical (unpaired) electrons. The lowest BCUT2D eigenvalue weighted by molar-refractivity contribution is -0.134. The average molecular weight is 262 g/mol. The van der Waals surface area contributed by atoms with E-state index < -0.39 is 0 Å². The fourth-order valence-electron chi connectivity index (χ4n) is 2.30. The summed E-state index contributed by atoms with van der Waals surface area (Å²) in [6.07, 6.45) is 0.197. The summed E-state index contributed by atoms with van der Waals surface area (Å²) in [6.45, 7) is 5.97. The summed E-state index contributed by atoms with van der Waals surface area (Å²) in [5, 5.41) is 0. The summed E-state index contributed by atoms with van der Waals surface area (Å²) in [7, 11) is 0. The Labute approximate surface area is 114 Å². The number of nitrogens with zero attached hydrogens (tertiary/aromatic N) is 1. The Morgan fingerprint density at radius 1 is 1.37 bits per heavy atom. The van der Waals surface area contributed by atoms with E-state index in [2.05, 4.69) is 26.0 Å². The van der Waals surface area contributed by atoms with Crippen LogP contribution in [0.2, 0.25) is 0 Å². The van der Waals surface area contributed by atoms with Crippen molar-refractivity contribution in [2.24, 2.45) is 5.73 Å². The first-order valence-electron chi connectivity index (χ1n) is 6.86. The number of nitrogens with two attached hydrogens (primary N) is 1. The van der Waals surface area contributed by atoms with Gasteiger partial charge < -0.3 is 15.4 Å². The van der Waals surface area contributed by atoms with Crippen molar-refractivity contribution in [3.8, 4) is 0 Å². The van der Waals surface area contributed by atoms with Crippen LogP contribution >= 0.6 is 0 Å². The van der Waals surface area contributed by atoms with Crippen molar-refractivity contribution in [1.29, 1.82) is 0 Å². The molecule has 0 saturated carbocycles. The molecule has 1 atom stereocenters. The molecule has 1 aromatic carbocycles. The van der Waals surface area contributed by atoms with Crippen molar-refractivity contribution in [3.05, 3.63) is 29.8 Å². The first-order valence-corrected chi connectivity index (χ1v) is 6.86. The molecule has 1 aromatic rings. The Morgan fingerprint density at radius 2 is 2.05 bits per heavy atom. The molecular formula is C15H22N2O2. The normalized spacial score (nSPS) is 20.1. The van der Waals surface area contributed by atoms with Crippen LogP contribution in [-0.4, -0.2) is 31.7 Å². The van der Waals surface area contributed by atoms with Gasteiger partial charge in [0.25, 0.3) is 5.91 Å². The molecule has 2 N–H and O–H groups in total. The number of anilines is 1. The van der Waals surface area contributed by atoms with E-state index in [1.165, 1.54) is 5.56 Å². The van der Waals surface area contributed by atoms with Crippen LogP contribution in [0, 0.1) is 0 Å². The van der Waals surface area contributed by atoms with E-state index in [0.29, 0.717) is 32.0 Å². The van der Waals surface area contributed by atoms with Crippen LogP contribution in [0.5, 0.6) is 0 Å². The SMILES string of the molecule is CC(C)c1ccc(N2CCOC(CCN)C2=O)cc1. The second-order valence-corrected chi connectivity index (χ2v) is 5.17. The predicted octanol–water partition coefficient (Wildman–Crippen LogP) is 1.89. The predicted molar refractivity (Wildman–Crippen MR) is 76.3 cm³/mol. The number of morpholine rings is 1. The van der Waals surface area contributed by atoms with Crippen molar-refractivity contribution >= 4 is 11.6 Å². The lowest BCUT2D eigenvalue weighted by atomic mass is 10.0. The molecule has 4 heteroatoms. The van der Waals surface area contributed by atoms with Gasteiger partial charge in [0.1, 0.15) is 6.10 Å². The van der Waals surface area contributed by atoms with E-state index in [1.54, 1.807) is 4.90 Å². The van der Waals surface area contributed by atoms with Gasteiger partial charge in [0.15, 0.2) is 0 Å². The van der Waals surface area contributed by atoms with Crippen LogP contribution in [0.25, 0.3) is 0 Å². The number of benzene rings is 1. The summed E-state index contributed by atoms with van der Waals surface area (Å²) in [4.78, 5) is 14.1. The summed E-state index contributed by atoms with van der Waals surface area (Å²) in [6, 6.07) is 8.19. The van der Waals surface area contributed by atoms with Gasteiger partial charge in [-0.05, 0) is 36.6 Å². The molecule has 1 unspecified atom stereocenters. The minimum absolute atomic E-state index is 0.0222. The van der Waals surface area contributed by atoms with Gasteiger partial charge in [-0.15, -0.1) is 0 Å². The quantitative estimate of drug-likeness (QED) is 0.901. The van der Waals surface area contributed by atoms with Gasteiger partial charge in [-0.3, -0.25) is 4.79 Å². The molecule has 104 valence electrons. The standard InChI is InChI=1S/C15H22N2O2/c1-11(2)12-3-5-13(6-4-12)17-9-10-19-14(7-8-16)15(17)18/h3-6,11,14H,7-10,16H2,1-2H3. The van der Waals surface area contributed by atoms with Crippen LogP contribution in [0.4, 0.5) is 5.69 Å². The van der Waals surface area contributed by atoms with E-state index in [-0.39, 0.29) is 12.0 Å². The largest absolute Gasteiger partial charge is 0.366 e. The Bertz CT molecular complexity index is 426.